The highest BCUT2D eigenvalue weighted by Gasteiger charge is 2.43. The van der Waals surface area contributed by atoms with Crippen LogP contribution < -0.4 is 15.4 Å². The van der Waals surface area contributed by atoms with E-state index in [1.54, 1.807) is 0 Å². The van der Waals surface area contributed by atoms with Gasteiger partial charge in [0.25, 0.3) is 0 Å². The Balaban J connectivity index is 0.00000240. The van der Waals surface area contributed by atoms with Crippen molar-refractivity contribution in [2.24, 2.45) is 4.99 Å². The number of halogens is 1. The molecule has 0 radical (unpaired) electrons. The quantitative estimate of drug-likeness (QED) is 0.264. The average Bonchev–Trinajstić information content (AvgIpc) is 3.38. The van der Waals surface area contributed by atoms with Crippen LogP contribution in [-0.4, -0.2) is 34.4 Å². The molecule has 1 aromatic carbocycles. The van der Waals surface area contributed by atoms with Crippen LogP contribution in [0.1, 0.15) is 57.1 Å². The average molecular weight is 509 g/mol. The van der Waals surface area contributed by atoms with E-state index in [4.69, 9.17) is 9.73 Å². The van der Waals surface area contributed by atoms with Crippen LogP contribution in [-0.2, 0) is 6.54 Å². The SMILES string of the molecule is CCNC(=NCCCn1cccn1)NC1CC2(CCCC2)Oc2ccccc21.I. The van der Waals surface area contributed by atoms with E-state index in [-0.39, 0.29) is 35.6 Å². The van der Waals surface area contributed by atoms with Gasteiger partial charge in [-0.2, -0.15) is 5.10 Å². The van der Waals surface area contributed by atoms with Gasteiger partial charge in [-0.1, -0.05) is 18.2 Å². The molecule has 1 aromatic heterocycles. The summed E-state index contributed by atoms with van der Waals surface area (Å²) >= 11 is 0. The minimum absolute atomic E-state index is 0. The molecule has 2 aromatic rings. The van der Waals surface area contributed by atoms with Gasteiger partial charge in [-0.05, 0) is 51.2 Å². The molecule has 0 bridgehead atoms. The maximum absolute atomic E-state index is 6.48. The maximum atomic E-state index is 6.48. The summed E-state index contributed by atoms with van der Waals surface area (Å²) in [6, 6.07) is 10.6. The van der Waals surface area contributed by atoms with Crippen molar-refractivity contribution in [3.8, 4) is 5.75 Å². The number of benzene rings is 1. The lowest BCUT2D eigenvalue weighted by Crippen LogP contribution is -2.46. The third kappa shape index (κ3) is 5.43. The molecule has 7 heteroatoms. The summed E-state index contributed by atoms with van der Waals surface area (Å²) in [4.78, 5) is 4.81. The number of fused-ring (bicyclic) bond motifs is 1. The number of guanidine groups is 1. The van der Waals surface area contributed by atoms with Crippen LogP contribution >= 0.6 is 24.0 Å². The summed E-state index contributed by atoms with van der Waals surface area (Å²) in [6.45, 7) is 4.61. The highest BCUT2D eigenvalue weighted by atomic mass is 127. The smallest absolute Gasteiger partial charge is 0.191 e. The van der Waals surface area contributed by atoms with Crippen molar-refractivity contribution in [2.45, 2.75) is 63.6 Å². The van der Waals surface area contributed by atoms with Crippen LogP contribution in [0.2, 0.25) is 0 Å². The number of aryl methyl sites for hydroxylation is 1. The molecule has 1 aliphatic heterocycles. The molecule has 0 amide bonds. The number of hydrogen-bond donors (Lipinski definition) is 2. The molecule has 1 spiro atoms. The van der Waals surface area contributed by atoms with E-state index in [0.29, 0.717) is 0 Å². The highest BCUT2D eigenvalue weighted by Crippen LogP contribution is 2.46. The third-order valence-corrected chi connectivity index (χ3v) is 5.74. The molecule has 2 aliphatic rings. The zero-order valence-electron chi connectivity index (χ0n) is 17.1. The Morgan fingerprint density at radius 1 is 1.28 bits per heavy atom. The second-order valence-electron chi connectivity index (χ2n) is 7.81. The molecule has 6 nitrogen and oxygen atoms in total. The molecular weight excluding hydrogens is 477 g/mol. The molecule has 1 atom stereocenters. The summed E-state index contributed by atoms with van der Waals surface area (Å²) in [6.07, 6.45) is 10.6. The van der Waals surface area contributed by atoms with E-state index >= 15 is 0 Å². The summed E-state index contributed by atoms with van der Waals surface area (Å²) < 4.78 is 8.43. The lowest BCUT2D eigenvalue weighted by molar-refractivity contribution is 0.0396. The Kier molecular flexibility index (Phi) is 7.80. The zero-order chi connectivity index (χ0) is 19.2. The predicted octanol–water partition coefficient (Wildman–Crippen LogP) is 4.28. The number of rotatable bonds is 6. The Labute approximate surface area is 190 Å². The topological polar surface area (TPSA) is 63.5 Å². The van der Waals surface area contributed by atoms with E-state index < -0.39 is 0 Å². The summed E-state index contributed by atoms with van der Waals surface area (Å²) in [7, 11) is 0. The third-order valence-electron chi connectivity index (χ3n) is 5.74. The van der Waals surface area contributed by atoms with E-state index in [0.717, 1.165) is 57.0 Å². The number of aromatic nitrogens is 2. The Morgan fingerprint density at radius 3 is 2.86 bits per heavy atom. The zero-order valence-corrected chi connectivity index (χ0v) is 19.5. The first-order chi connectivity index (χ1) is 13.8. The largest absolute Gasteiger partial charge is 0.487 e. The number of hydrogen-bond acceptors (Lipinski definition) is 3. The second-order valence-corrected chi connectivity index (χ2v) is 7.81. The van der Waals surface area contributed by atoms with E-state index in [9.17, 15) is 0 Å². The minimum Gasteiger partial charge on any atom is -0.487 e. The van der Waals surface area contributed by atoms with Crippen LogP contribution in [0.3, 0.4) is 0 Å². The van der Waals surface area contributed by atoms with Crippen molar-refractivity contribution in [1.29, 1.82) is 0 Å². The fourth-order valence-corrected chi connectivity index (χ4v) is 4.41. The Bertz CT molecular complexity index is 786. The van der Waals surface area contributed by atoms with Gasteiger partial charge in [-0.3, -0.25) is 9.67 Å². The molecule has 2 N–H and O–H groups in total. The standard InChI is InChI=1S/C22H31N5O.HI/c1-2-23-21(24-13-7-15-27-16-8-14-25-27)26-19-17-22(11-5-6-12-22)28-20-10-4-3-9-18(19)20;/h3-4,8-10,14,16,19H,2,5-7,11-13,15,17H2,1H3,(H2,23,24,26);1H. The Morgan fingerprint density at radius 2 is 2.10 bits per heavy atom. The molecule has 158 valence electrons. The van der Waals surface area contributed by atoms with Crippen LogP contribution in [0.25, 0.3) is 0 Å². The normalized spacial score (nSPS) is 19.9. The fraction of sp³-hybridized carbons (Fsp3) is 0.545. The first kappa shape index (κ1) is 21.9. The highest BCUT2D eigenvalue weighted by molar-refractivity contribution is 14.0. The molecule has 1 saturated carbocycles. The van der Waals surface area contributed by atoms with Gasteiger partial charge in [-0.25, -0.2) is 0 Å². The summed E-state index contributed by atoms with van der Waals surface area (Å²) in [5, 5.41) is 11.4. The minimum atomic E-state index is -0.0105. The molecule has 1 unspecified atom stereocenters. The molecule has 4 rings (SSSR count). The van der Waals surface area contributed by atoms with Crippen molar-refractivity contribution in [2.75, 3.05) is 13.1 Å². The Hall–Kier alpha value is -1.77. The van der Waals surface area contributed by atoms with Gasteiger partial charge < -0.3 is 15.4 Å². The van der Waals surface area contributed by atoms with Gasteiger partial charge in [0.2, 0.25) is 0 Å². The van der Waals surface area contributed by atoms with E-state index in [1.807, 2.05) is 23.1 Å². The van der Waals surface area contributed by atoms with Gasteiger partial charge >= 0.3 is 0 Å². The first-order valence-corrected chi connectivity index (χ1v) is 10.6. The molecule has 0 saturated heterocycles. The van der Waals surface area contributed by atoms with Gasteiger partial charge in [-0.15, -0.1) is 24.0 Å². The monoisotopic (exact) mass is 509 g/mol. The van der Waals surface area contributed by atoms with Crippen LogP contribution in [0.5, 0.6) is 5.75 Å². The van der Waals surface area contributed by atoms with E-state index in [2.05, 4.69) is 46.9 Å². The van der Waals surface area contributed by atoms with Crippen LogP contribution in [0.15, 0.2) is 47.7 Å². The van der Waals surface area contributed by atoms with E-state index in [1.165, 1.54) is 18.4 Å². The molecule has 1 fully saturated rings. The predicted molar refractivity (Wildman–Crippen MR) is 127 cm³/mol. The molecule has 2 heterocycles. The second kappa shape index (κ2) is 10.3. The van der Waals surface area contributed by atoms with Gasteiger partial charge in [0.05, 0.1) is 6.04 Å². The van der Waals surface area contributed by atoms with Crippen molar-refractivity contribution in [3.05, 3.63) is 48.3 Å². The molecule has 1 aliphatic carbocycles. The van der Waals surface area contributed by atoms with Crippen molar-refractivity contribution < 1.29 is 4.74 Å². The maximum Gasteiger partial charge on any atom is 0.191 e. The van der Waals surface area contributed by atoms with Crippen LogP contribution in [0.4, 0.5) is 0 Å². The van der Waals surface area contributed by atoms with Crippen LogP contribution in [0, 0.1) is 0 Å². The van der Waals surface area contributed by atoms with Crippen molar-refractivity contribution >= 4 is 29.9 Å². The van der Waals surface area contributed by atoms with Crippen molar-refractivity contribution in [1.82, 2.24) is 20.4 Å². The number of nitrogens with zero attached hydrogens (tertiary/aromatic N) is 3. The van der Waals surface area contributed by atoms with Gasteiger partial charge in [0.1, 0.15) is 11.4 Å². The first-order valence-electron chi connectivity index (χ1n) is 10.6. The lowest BCUT2D eigenvalue weighted by Gasteiger charge is -2.40. The molecule has 29 heavy (non-hydrogen) atoms. The number of nitrogens with one attached hydrogen (secondary N) is 2. The number of ether oxygens (including phenoxy) is 1. The van der Waals surface area contributed by atoms with Crippen molar-refractivity contribution in [3.63, 3.8) is 0 Å². The molecular formula is C22H32IN5O. The van der Waals surface area contributed by atoms with Gasteiger partial charge in [0, 0.05) is 44.0 Å². The number of aliphatic imine (C=N–C) groups is 1. The fourth-order valence-electron chi connectivity index (χ4n) is 4.41. The lowest BCUT2D eigenvalue weighted by atomic mass is 9.86. The van der Waals surface area contributed by atoms with Gasteiger partial charge in [0.15, 0.2) is 5.96 Å². The number of para-hydroxylation sites is 1. The summed E-state index contributed by atoms with van der Waals surface area (Å²) in [5.41, 5.74) is 1.23. The summed E-state index contributed by atoms with van der Waals surface area (Å²) in [5.74, 6) is 1.92.